The van der Waals surface area contributed by atoms with Crippen LogP contribution in [0.25, 0.3) is 0 Å². The van der Waals surface area contributed by atoms with Crippen molar-refractivity contribution >= 4 is 12.4 Å². The summed E-state index contributed by atoms with van der Waals surface area (Å²) in [5.74, 6) is -0.351. The van der Waals surface area contributed by atoms with Crippen molar-refractivity contribution in [2.24, 2.45) is 0 Å². The third-order valence-electron chi connectivity index (χ3n) is 3.52. The van der Waals surface area contributed by atoms with E-state index in [2.05, 4.69) is 10.1 Å². The predicted molar refractivity (Wildman–Crippen MR) is 79.5 cm³/mol. The summed E-state index contributed by atoms with van der Waals surface area (Å²) in [6.45, 7) is 2.72. The van der Waals surface area contributed by atoms with Gasteiger partial charge in [-0.1, -0.05) is 12.1 Å². The Morgan fingerprint density at radius 3 is 2.48 bits per heavy atom. The zero-order valence-corrected chi connectivity index (χ0v) is 13.0. The summed E-state index contributed by atoms with van der Waals surface area (Å²) in [5, 5.41) is 12.7. The van der Waals surface area contributed by atoms with Crippen molar-refractivity contribution in [3.8, 4) is 5.75 Å². The molecule has 0 aliphatic carbocycles. The SMILES string of the molecule is Cl.OC[C@H](c1cccc(OC(F)(F)C(F)F)c1)N1CCNCC1. The Morgan fingerprint density at radius 1 is 1.26 bits per heavy atom. The van der Waals surface area contributed by atoms with Crippen molar-refractivity contribution in [2.45, 2.75) is 18.6 Å². The van der Waals surface area contributed by atoms with Crippen molar-refractivity contribution in [3.63, 3.8) is 0 Å². The first kappa shape index (κ1) is 20.0. The van der Waals surface area contributed by atoms with Crippen LogP contribution in [0.5, 0.6) is 5.75 Å². The van der Waals surface area contributed by atoms with Crippen LogP contribution in [-0.4, -0.2) is 55.3 Å². The Labute approximate surface area is 137 Å². The summed E-state index contributed by atoms with van der Waals surface area (Å²) in [6, 6.07) is 5.16. The van der Waals surface area contributed by atoms with Gasteiger partial charge in [-0.3, -0.25) is 4.90 Å². The molecule has 0 radical (unpaired) electrons. The van der Waals surface area contributed by atoms with Gasteiger partial charge in [0, 0.05) is 26.2 Å². The maximum atomic E-state index is 13.0. The van der Waals surface area contributed by atoms with Crippen molar-refractivity contribution in [2.75, 3.05) is 32.8 Å². The maximum Gasteiger partial charge on any atom is 0.461 e. The molecule has 2 rings (SSSR count). The molecule has 4 nitrogen and oxygen atoms in total. The minimum absolute atomic E-state index is 0. The van der Waals surface area contributed by atoms with Gasteiger partial charge in [0.25, 0.3) is 0 Å². The lowest BCUT2D eigenvalue weighted by atomic mass is 10.0. The number of rotatable bonds is 6. The van der Waals surface area contributed by atoms with Crippen LogP contribution in [0.4, 0.5) is 17.6 Å². The van der Waals surface area contributed by atoms with Crippen molar-refractivity contribution in [1.29, 1.82) is 0 Å². The quantitative estimate of drug-likeness (QED) is 0.766. The largest absolute Gasteiger partial charge is 0.461 e. The van der Waals surface area contributed by atoms with Gasteiger partial charge < -0.3 is 15.2 Å². The van der Waals surface area contributed by atoms with Gasteiger partial charge in [0.2, 0.25) is 0 Å². The lowest BCUT2D eigenvalue weighted by molar-refractivity contribution is -0.253. The first-order valence-corrected chi connectivity index (χ1v) is 6.94. The summed E-state index contributed by atoms with van der Waals surface area (Å²) >= 11 is 0. The Hall–Kier alpha value is -1.09. The van der Waals surface area contributed by atoms with Gasteiger partial charge in [0.15, 0.2) is 0 Å². The van der Waals surface area contributed by atoms with Crippen LogP contribution >= 0.6 is 12.4 Å². The van der Waals surface area contributed by atoms with E-state index in [4.69, 9.17) is 0 Å². The second-order valence-electron chi connectivity index (χ2n) is 5.02. The summed E-state index contributed by atoms with van der Waals surface area (Å²) in [6.07, 6.45) is -8.44. The number of hydrogen-bond acceptors (Lipinski definition) is 4. The van der Waals surface area contributed by atoms with Gasteiger partial charge in [-0.25, -0.2) is 0 Å². The topological polar surface area (TPSA) is 44.7 Å². The first-order chi connectivity index (χ1) is 10.4. The van der Waals surface area contributed by atoms with E-state index in [1.54, 1.807) is 6.07 Å². The van der Waals surface area contributed by atoms with Gasteiger partial charge in [-0.15, -0.1) is 12.4 Å². The molecule has 0 amide bonds. The van der Waals surface area contributed by atoms with E-state index in [1.807, 2.05) is 4.90 Å². The zero-order chi connectivity index (χ0) is 16.2. The minimum Gasteiger partial charge on any atom is -0.428 e. The van der Waals surface area contributed by atoms with Gasteiger partial charge in [-0.05, 0) is 17.7 Å². The number of nitrogens with one attached hydrogen (secondary N) is 1. The molecule has 0 aromatic heterocycles. The summed E-state index contributed by atoms with van der Waals surface area (Å²) < 4.78 is 54.4. The highest BCUT2D eigenvalue weighted by Gasteiger charge is 2.44. The number of aliphatic hydroxyl groups is 1. The average molecular weight is 359 g/mol. The lowest BCUT2D eigenvalue weighted by Gasteiger charge is -2.34. The normalized spacial score (nSPS) is 17.7. The molecule has 1 aliphatic heterocycles. The lowest BCUT2D eigenvalue weighted by Crippen LogP contribution is -2.46. The molecule has 132 valence electrons. The first-order valence-electron chi connectivity index (χ1n) is 6.94. The fourth-order valence-electron chi connectivity index (χ4n) is 2.41. The second-order valence-corrected chi connectivity index (χ2v) is 5.02. The van der Waals surface area contributed by atoms with Gasteiger partial charge >= 0.3 is 12.5 Å². The monoisotopic (exact) mass is 358 g/mol. The molecule has 0 saturated carbocycles. The highest BCUT2D eigenvalue weighted by Crippen LogP contribution is 2.30. The number of benzene rings is 1. The van der Waals surface area contributed by atoms with Crippen LogP contribution in [-0.2, 0) is 0 Å². The Balaban J connectivity index is 0.00000264. The molecule has 1 fully saturated rings. The Bertz CT molecular complexity index is 488. The molecule has 1 atom stereocenters. The molecular weight excluding hydrogens is 340 g/mol. The third kappa shape index (κ3) is 5.20. The molecule has 23 heavy (non-hydrogen) atoms. The molecule has 2 N–H and O–H groups in total. The zero-order valence-electron chi connectivity index (χ0n) is 12.2. The highest BCUT2D eigenvalue weighted by atomic mass is 35.5. The molecule has 1 aromatic carbocycles. The molecule has 1 aliphatic rings. The fraction of sp³-hybridized carbons (Fsp3) is 0.571. The molecule has 1 saturated heterocycles. The van der Waals surface area contributed by atoms with Crippen molar-refractivity contribution in [1.82, 2.24) is 10.2 Å². The Kier molecular flexibility index (Phi) is 7.53. The number of aliphatic hydroxyl groups excluding tert-OH is 1. The number of alkyl halides is 4. The van der Waals surface area contributed by atoms with Crippen LogP contribution in [0.1, 0.15) is 11.6 Å². The minimum atomic E-state index is -4.54. The van der Waals surface area contributed by atoms with Gasteiger partial charge in [-0.2, -0.15) is 17.6 Å². The van der Waals surface area contributed by atoms with E-state index >= 15 is 0 Å². The number of halogens is 5. The second kappa shape index (κ2) is 8.68. The Morgan fingerprint density at radius 2 is 1.91 bits per heavy atom. The van der Waals surface area contributed by atoms with E-state index in [9.17, 15) is 22.7 Å². The van der Waals surface area contributed by atoms with Crippen LogP contribution in [0.2, 0.25) is 0 Å². The van der Waals surface area contributed by atoms with Crippen LogP contribution in [0, 0.1) is 0 Å². The smallest absolute Gasteiger partial charge is 0.428 e. The van der Waals surface area contributed by atoms with Crippen LogP contribution in [0.15, 0.2) is 24.3 Å². The van der Waals surface area contributed by atoms with Crippen molar-refractivity contribution in [3.05, 3.63) is 29.8 Å². The molecular formula is C14H19ClF4N2O2. The predicted octanol–water partition coefficient (Wildman–Crippen LogP) is 2.28. The molecule has 0 bridgehead atoms. The molecule has 0 spiro atoms. The van der Waals surface area contributed by atoms with E-state index in [0.29, 0.717) is 18.7 Å². The highest BCUT2D eigenvalue weighted by molar-refractivity contribution is 5.85. The van der Waals surface area contributed by atoms with E-state index in [1.165, 1.54) is 18.2 Å². The van der Waals surface area contributed by atoms with E-state index < -0.39 is 12.5 Å². The third-order valence-corrected chi connectivity index (χ3v) is 3.52. The van der Waals surface area contributed by atoms with Crippen LogP contribution in [0.3, 0.4) is 0 Å². The molecule has 1 aromatic rings. The molecule has 9 heteroatoms. The summed E-state index contributed by atoms with van der Waals surface area (Å²) in [4.78, 5) is 2.00. The number of ether oxygens (including phenoxy) is 1. The van der Waals surface area contributed by atoms with Gasteiger partial charge in [0.1, 0.15) is 5.75 Å². The average Bonchev–Trinajstić information content (AvgIpc) is 2.49. The standard InChI is InChI=1S/C14H18F4N2O2.ClH/c15-13(16)14(17,18)22-11-3-1-2-10(8-11)12(9-21)20-6-4-19-5-7-20;/h1-3,8,12-13,19,21H,4-7,9H2;1H/t12-;/m1./s1. The number of hydrogen-bond donors (Lipinski definition) is 2. The van der Waals surface area contributed by atoms with Gasteiger partial charge in [0.05, 0.1) is 12.6 Å². The van der Waals surface area contributed by atoms with Crippen LogP contribution < -0.4 is 10.1 Å². The molecule has 1 heterocycles. The summed E-state index contributed by atoms with van der Waals surface area (Å²) in [5.41, 5.74) is 0.548. The summed E-state index contributed by atoms with van der Waals surface area (Å²) in [7, 11) is 0. The number of piperazine rings is 1. The fourth-order valence-corrected chi connectivity index (χ4v) is 2.41. The number of nitrogens with zero attached hydrogens (tertiary/aromatic N) is 1. The van der Waals surface area contributed by atoms with E-state index in [-0.39, 0.29) is 30.8 Å². The maximum absolute atomic E-state index is 13.0. The van der Waals surface area contributed by atoms with E-state index in [0.717, 1.165) is 13.1 Å². The molecule has 0 unspecified atom stereocenters. The van der Waals surface area contributed by atoms with Crippen molar-refractivity contribution < 1.29 is 27.4 Å².